The standard InChI is InChI=1S/C24H24N6O3/c1-4-30-19-11-17-16(10-15(19)24(2,3)23(30)32)27-22(28-17)21-18(12-25-29-21)26-20(31)13-33-14-8-6-5-7-9-14/h5-12H,4,13H2,1-3H3,(H,25,29)(H,26,31)(H,27,28). The predicted molar refractivity (Wildman–Crippen MR) is 125 cm³/mol. The number of carbonyl (C=O) groups is 2. The second kappa shape index (κ2) is 7.77. The van der Waals surface area contributed by atoms with E-state index < -0.39 is 5.41 Å². The number of likely N-dealkylation sites (N-methyl/N-ethyl adjacent to an activating group) is 1. The van der Waals surface area contributed by atoms with E-state index in [1.807, 2.05) is 51.1 Å². The molecule has 0 radical (unpaired) electrons. The third-order valence-corrected chi connectivity index (χ3v) is 5.92. The maximum Gasteiger partial charge on any atom is 0.262 e. The highest BCUT2D eigenvalue weighted by atomic mass is 16.5. The minimum absolute atomic E-state index is 0.0872. The number of aromatic nitrogens is 4. The predicted octanol–water partition coefficient (Wildman–Crippen LogP) is 3.61. The van der Waals surface area contributed by atoms with E-state index in [9.17, 15) is 9.59 Å². The average molecular weight is 444 g/mol. The van der Waals surface area contributed by atoms with Crippen molar-refractivity contribution in [1.82, 2.24) is 20.2 Å². The first-order chi connectivity index (χ1) is 15.9. The largest absolute Gasteiger partial charge is 0.484 e. The number of benzene rings is 2. The molecule has 0 spiro atoms. The van der Waals surface area contributed by atoms with Crippen LogP contribution in [-0.4, -0.2) is 45.1 Å². The van der Waals surface area contributed by atoms with Crippen molar-refractivity contribution in [3.05, 3.63) is 54.2 Å². The molecule has 0 atom stereocenters. The fourth-order valence-electron chi connectivity index (χ4n) is 4.18. The van der Waals surface area contributed by atoms with E-state index in [1.165, 1.54) is 6.20 Å². The third kappa shape index (κ3) is 3.51. The lowest BCUT2D eigenvalue weighted by Crippen LogP contribution is -2.35. The molecule has 1 aliphatic heterocycles. The molecule has 5 rings (SSSR count). The van der Waals surface area contributed by atoms with Crippen LogP contribution in [0, 0.1) is 0 Å². The number of hydrogen-bond acceptors (Lipinski definition) is 5. The highest BCUT2D eigenvalue weighted by molar-refractivity contribution is 6.09. The van der Waals surface area contributed by atoms with Gasteiger partial charge in [0.2, 0.25) is 5.91 Å². The van der Waals surface area contributed by atoms with Crippen molar-refractivity contribution in [1.29, 1.82) is 0 Å². The maximum absolute atomic E-state index is 12.8. The summed E-state index contributed by atoms with van der Waals surface area (Å²) >= 11 is 0. The Morgan fingerprint density at radius 1 is 1.21 bits per heavy atom. The van der Waals surface area contributed by atoms with Crippen LogP contribution in [0.3, 0.4) is 0 Å². The smallest absolute Gasteiger partial charge is 0.262 e. The lowest BCUT2D eigenvalue weighted by molar-refractivity contribution is -0.122. The summed E-state index contributed by atoms with van der Waals surface area (Å²) in [5, 5.41) is 9.78. The van der Waals surface area contributed by atoms with E-state index >= 15 is 0 Å². The highest BCUT2D eigenvalue weighted by Crippen LogP contribution is 2.43. The lowest BCUT2D eigenvalue weighted by Gasteiger charge is -2.18. The molecule has 0 aliphatic carbocycles. The van der Waals surface area contributed by atoms with E-state index in [-0.39, 0.29) is 18.4 Å². The zero-order valence-electron chi connectivity index (χ0n) is 18.6. The number of para-hydroxylation sites is 1. The first kappa shape index (κ1) is 20.7. The Labute approximate surface area is 190 Å². The van der Waals surface area contributed by atoms with E-state index in [0.717, 1.165) is 22.3 Å². The molecule has 3 heterocycles. The van der Waals surface area contributed by atoms with Gasteiger partial charge in [0, 0.05) is 6.54 Å². The van der Waals surface area contributed by atoms with Gasteiger partial charge < -0.3 is 19.9 Å². The number of rotatable bonds is 6. The third-order valence-electron chi connectivity index (χ3n) is 5.92. The van der Waals surface area contributed by atoms with Gasteiger partial charge >= 0.3 is 0 Å². The van der Waals surface area contributed by atoms with Crippen LogP contribution in [0.5, 0.6) is 5.75 Å². The molecule has 168 valence electrons. The van der Waals surface area contributed by atoms with Crippen LogP contribution < -0.4 is 15.0 Å². The summed E-state index contributed by atoms with van der Waals surface area (Å²) in [5.74, 6) is 0.935. The van der Waals surface area contributed by atoms with Gasteiger partial charge in [-0.2, -0.15) is 5.10 Å². The molecule has 2 aromatic carbocycles. The Bertz CT molecular complexity index is 1360. The Balaban J connectivity index is 1.40. The number of ether oxygens (including phenoxy) is 1. The Hall–Kier alpha value is -4.14. The summed E-state index contributed by atoms with van der Waals surface area (Å²) in [7, 11) is 0. The number of carbonyl (C=O) groups excluding carboxylic acids is 2. The van der Waals surface area contributed by atoms with Crippen LogP contribution in [0.4, 0.5) is 11.4 Å². The fraction of sp³-hybridized carbons (Fsp3) is 0.250. The van der Waals surface area contributed by atoms with Crippen molar-refractivity contribution in [2.24, 2.45) is 0 Å². The number of nitrogens with zero attached hydrogens (tertiary/aromatic N) is 3. The van der Waals surface area contributed by atoms with Crippen molar-refractivity contribution in [3.63, 3.8) is 0 Å². The number of nitrogens with one attached hydrogen (secondary N) is 3. The molecule has 4 aromatic rings. The zero-order chi connectivity index (χ0) is 23.2. The van der Waals surface area contributed by atoms with E-state index in [4.69, 9.17) is 4.74 Å². The highest BCUT2D eigenvalue weighted by Gasteiger charge is 2.43. The van der Waals surface area contributed by atoms with E-state index in [1.54, 1.807) is 17.0 Å². The normalized spacial score (nSPS) is 14.5. The van der Waals surface area contributed by atoms with Crippen molar-refractivity contribution in [2.45, 2.75) is 26.2 Å². The SMILES string of the molecule is CCN1C(=O)C(C)(C)c2cc3[nH]c(-c4[nH]ncc4NC(=O)COc4ccccc4)nc3cc21. The lowest BCUT2D eigenvalue weighted by atomic mass is 9.86. The molecule has 0 saturated carbocycles. The van der Waals surface area contributed by atoms with Gasteiger partial charge in [-0.3, -0.25) is 14.7 Å². The average Bonchev–Trinajstić information content (AvgIpc) is 3.48. The number of imidazole rings is 1. The van der Waals surface area contributed by atoms with Crippen LogP contribution in [0.15, 0.2) is 48.7 Å². The summed E-state index contributed by atoms with van der Waals surface area (Å²) in [6.45, 7) is 6.31. The molecule has 0 fully saturated rings. The van der Waals surface area contributed by atoms with Gasteiger partial charge in [-0.1, -0.05) is 18.2 Å². The number of amides is 2. The number of H-pyrrole nitrogens is 2. The summed E-state index contributed by atoms with van der Waals surface area (Å²) in [4.78, 5) is 35.0. The first-order valence-electron chi connectivity index (χ1n) is 10.8. The summed E-state index contributed by atoms with van der Waals surface area (Å²) in [6, 6.07) is 13.1. The minimum Gasteiger partial charge on any atom is -0.484 e. The molecule has 0 bridgehead atoms. The molecule has 3 N–H and O–H groups in total. The maximum atomic E-state index is 12.8. The molecular formula is C24H24N6O3. The molecular weight excluding hydrogens is 420 g/mol. The van der Waals surface area contributed by atoms with Crippen molar-refractivity contribution < 1.29 is 14.3 Å². The van der Waals surface area contributed by atoms with Gasteiger partial charge in [-0.15, -0.1) is 0 Å². The molecule has 9 heteroatoms. The van der Waals surface area contributed by atoms with Gasteiger partial charge in [0.05, 0.1) is 34.0 Å². The summed E-state index contributed by atoms with van der Waals surface area (Å²) in [6.07, 6.45) is 1.53. The van der Waals surface area contributed by atoms with Crippen LogP contribution >= 0.6 is 0 Å². The van der Waals surface area contributed by atoms with Gasteiger partial charge in [0.15, 0.2) is 12.4 Å². The molecule has 0 saturated heterocycles. The Morgan fingerprint density at radius 2 is 2.00 bits per heavy atom. The van der Waals surface area contributed by atoms with Gasteiger partial charge in [0.25, 0.3) is 5.91 Å². The summed E-state index contributed by atoms with van der Waals surface area (Å²) in [5.41, 5.74) is 3.84. The zero-order valence-corrected chi connectivity index (χ0v) is 18.6. The van der Waals surface area contributed by atoms with Gasteiger partial charge in [-0.25, -0.2) is 4.98 Å². The Morgan fingerprint density at radius 3 is 2.76 bits per heavy atom. The van der Waals surface area contributed by atoms with Crippen molar-refractivity contribution in [3.8, 4) is 17.3 Å². The van der Waals surface area contributed by atoms with Crippen LogP contribution in [0.25, 0.3) is 22.6 Å². The molecule has 9 nitrogen and oxygen atoms in total. The quantitative estimate of drug-likeness (QED) is 0.420. The van der Waals surface area contributed by atoms with Crippen LogP contribution in [-0.2, 0) is 15.0 Å². The number of anilines is 2. The van der Waals surface area contributed by atoms with Crippen molar-refractivity contribution in [2.75, 3.05) is 23.4 Å². The number of aromatic amines is 2. The van der Waals surface area contributed by atoms with Gasteiger partial charge in [0.1, 0.15) is 11.4 Å². The Kier molecular flexibility index (Phi) is 4.88. The molecule has 0 unspecified atom stereocenters. The number of hydrogen-bond donors (Lipinski definition) is 3. The molecule has 2 amide bonds. The fourth-order valence-corrected chi connectivity index (χ4v) is 4.18. The molecule has 1 aliphatic rings. The molecule has 33 heavy (non-hydrogen) atoms. The van der Waals surface area contributed by atoms with Crippen LogP contribution in [0.1, 0.15) is 26.3 Å². The first-order valence-corrected chi connectivity index (χ1v) is 10.8. The minimum atomic E-state index is -0.601. The van der Waals surface area contributed by atoms with Gasteiger partial charge in [-0.05, 0) is 50.6 Å². The van der Waals surface area contributed by atoms with Crippen molar-refractivity contribution >= 4 is 34.2 Å². The monoisotopic (exact) mass is 444 g/mol. The summed E-state index contributed by atoms with van der Waals surface area (Å²) < 4.78 is 5.51. The molecule has 2 aromatic heterocycles. The van der Waals surface area contributed by atoms with E-state index in [2.05, 4.69) is 25.5 Å². The second-order valence-electron chi connectivity index (χ2n) is 8.45. The van der Waals surface area contributed by atoms with Crippen LogP contribution in [0.2, 0.25) is 0 Å². The van der Waals surface area contributed by atoms with E-state index in [0.29, 0.717) is 29.5 Å². The number of fused-ring (bicyclic) bond motifs is 2. The second-order valence-corrected chi connectivity index (χ2v) is 8.45. The topological polar surface area (TPSA) is 116 Å².